The second kappa shape index (κ2) is 8.19. The Morgan fingerprint density at radius 3 is 2.48 bits per heavy atom. The van der Waals surface area contributed by atoms with Gasteiger partial charge in [-0.15, -0.1) is 0 Å². The molecule has 0 bridgehead atoms. The molecular weight excluding hydrogens is 336 g/mol. The molecule has 5 heteroatoms. The van der Waals surface area contributed by atoms with Crippen LogP contribution in [0.25, 0.3) is 0 Å². The van der Waals surface area contributed by atoms with Crippen molar-refractivity contribution in [3.05, 3.63) is 59.9 Å². The number of pyridine rings is 1. The summed E-state index contributed by atoms with van der Waals surface area (Å²) < 4.78 is 0. The number of anilines is 1. The summed E-state index contributed by atoms with van der Waals surface area (Å²) in [6.45, 7) is 3.73. The zero-order chi connectivity index (χ0) is 18.6. The fourth-order valence-electron chi connectivity index (χ4n) is 3.87. The van der Waals surface area contributed by atoms with Gasteiger partial charge in [0.1, 0.15) is 0 Å². The summed E-state index contributed by atoms with van der Waals surface area (Å²) in [5, 5.41) is 3.22. The van der Waals surface area contributed by atoms with E-state index in [0.717, 1.165) is 37.4 Å². The number of para-hydroxylation sites is 1. The fraction of sp³-hybridized carbons (Fsp3) is 0.455. The predicted molar refractivity (Wildman–Crippen MR) is 108 cm³/mol. The smallest absolute Gasteiger partial charge is 0.244 e. The van der Waals surface area contributed by atoms with Gasteiger partial charge in [-0.2, -0.15) is 0 Å². The van der Waals surface area contributed by atoms with Gasteiger partial charge < -0.3 is 15.1 Å². The van der Waals surface area contributed by atoms with Crippen LogP contribution in [0.15, 0.2) is 48.7 Å². The number of likely N-dealkylation sites (tertiary alicyclic amines) is 1. The molecule has 2 fully saturated rings. The molecule has 1 aromatic carbocycles. The summed E-state index contributed by atoms with van der Waals surface area (Å²) in [6.07, 6.45) is 5.31. The van der Waals surface area contributed by atoms with Gasteiger partial charge >= 0.3 is 0 Å². The van der Waals surface area contributed by atoms with Crippen molar-refractivity contribution in [2.75, 3.05) is 31.6 Å². The number of nitrogens with zero attached hydrogens (tertiary/aromatic N) is 3. The van der Waals surface area contributed by atoms with Gasteiger partial charge in [-0.3, -0.25) is 9.78 Å². The van der Waals surface area contributed by atoms with Crippen molar-refractivity contribution in [3.63, 3.8) is 0 Å². The van der Waals surface area contributed by atoms with Gasteiger partial charge in [0.2, 0.25) is 5.91 Å². The molecule has 1 unspecified atom stereocenters. The number of carbonyl (C=O) groups is 1. The Bertz CT molecular complexity index is 750. The number of hydrogen-bond donors (Lipinski definition) is 1. The number of aromatic nitrogens is 1. The maximum Gasteiger partial charge on any atom is 0.244 e. The Kier molecular flexibility index (Phi) is 5.50. The van der Waals surface area contributed by atoms with Gasteiger partial charge in [0.15, 0.2) is 0 Å². The first-order valence-corrected chi connectivity index (χ1v) is 9.94. The minimum Gasteiger partial charge on any atom is -0.306 e. The maximum absolute atomic E-state index is 12.9. The van der Waals surface area contributed by atoms with Crippen LogP contribution in [-0.4, -0.2) is 48.5 Å². The lowest BCUT2D eigenvalue weighted by Gasteiger charge is -2.33. The van der Waals surface area contributed by atoms with Crippen molar-refractivity contribution in [3.8, 4) is 0 Å². The standard InChI is InChI=1S/C22H28N4O/c1-25-13-10-17(11-14-25)18-7-8-19(24-15-18)16-26(20-5-3-2-4-6-20)22(27)21-9-12-23-21/h2-8,15,17,21,23H,9-14,16H2,1H3. The van der Waals surface area contributed by atoms with E-state index in [4.69, 9.17) is 4.98 Å². The summed E-state index contributed by atoms with van der Waals surface area (Å²) in [6, 6.07) is 14.1. The van der Waals surface area contributed by atoms with Crippen molar-refractivity contribution in [2.45, 2.75) is 37.8 Å². The number of amides is 1. The molecule has 0 radical (unpaired) electrons. The summed E-state index contributed by atoms with van der Waals surface area (Å²) in [7, 11) is 2.18. The highest BCUT2D eigenvalue weighted by molar-refractivity contribution is 5.97. The molecule has 2 aliphatic rings. The van der Waals surface area contributed by atoms with E-state index in [-0.39, 0.29) is 11.9 Å². The second-order valence-corrected chi connectivity index (χ2v) is 7.72. The molecule has 2 aliphatic heterocycles. The molecule has 0 aliphatic carbocycles. The molecule has 1 atom stereocenters. The van der Waals surface area contributed by atoms with Gasteiger partial charge in [0, 0.05) is 11.9 Å². The lowest BCUT2D eigenvalue weighted by molar-refractivity contribution is -0.122. The van der Waals surface area contributed by atoms with E-state index in [2.05, 4.69) is 29.4 Å². The van der Waals surface area contributed by atoms with Crippen molar-refractivity contribution in [2.24, 2.45) is 0 Å². The Morgan fingerprint density at radius 2 is 1.89 bits per heavy atom. The monoisotopic (exact) mass is 364 g/mol. The molecule has 1 N–H and O–H groups in total. The zero-order valence-electron chi connectivity index (χ0n) is 16.0. The summed E-state index contributed by atoms with van der Waals surface area (Å²) in [5.74, 6) is 0.738. The van der Waals surface area contributed by atoms with Crippen LogP contribution in [0.1, 0.15) is 36.4 Å². The third-order valence-electron chi connectivity index (χ3n) is 5.81. The van der Waals surface area contributed by atoms with Gasteiger partial charge in [-0.1, -0.05) is 24.3 Å². The first-order chi connectivity index (χ1) is 13.2. The number of rotatable bonds is 5. The Labute approximate surface area is 161 Å². The number of hydrogen-bond acceptors (Lipinski definition) is 4. The van der Waals surface area contributed by atoms with E-state index < -0.39 is 0 Å². The zero-order valence-corrected chi connectivity index (χ0v) is 16.0. The molecule has 1 aromatic heterocycles. The molecule has 3 heterocycles. The van der Waals surface area contributed by atoms with Crippen LogP contribution in [0.4, 0.5) is 5.69 Å². The fourth-order valence-corrected chi connectivity index (χ4v) is 3.87. The Morgan fingerprint density at radius 1 is 1.15 bits per heavy atom. The van der Waals surface area contributed by atoms with Crippen molar-refractivity contribution in [1.82, 2.24) is 15.2 Å². The minimum absolute atomic E-state index is 0.0660. The first-order valence-electron chi connectivity index (χ1n) is 9.94. The molecule has 1 amide bonds. The van der Waals surface area contributed by atoms with E-state index in [9.17, 15) is 4.79 Å². The van der Waals surface area contributed by atoms with Crippen LogP contribution in [0.2, 0.25) is 0 Å². The first kappa shape index (κ1) is 18.1. The average Bonchev–Trinajstić information content (AvgIpc) is 2.66. The van der Waals surface area contributed by atoms with E-state index in [1.54, 1.807) is 0 Å². The number of benzene rings is 1. The number of carbonyl (C=O) groups excluding carboxylic acids is 1. The normalized spacial score (nSPS) is 20.9. The summed E-state index contributed by atoms with van der Waals surface area (Å²) >= 11 is 0. The van der Waals surface area contributed by atoms with Gasteiger partial charge in [0.05, 0.1) is 18.3 Å². The Hall–Kier alpha value is -2.24. The molecule has 142 valence electrons. The molecule has 2 saturated heterocycles. The van der Waals surface area contributed by atoms with Crippen molar-refractivity contribution < 1.29 is 4.79 Å². The largest absolute Gasteiger partial charge is 0.306 e. The minimum atomic E-state index is -0.0660. The van der Waals surface area contributed by atoms with Crippen LogP contribution >= 0.6 is 0 Å². The highest BCUT2D eigenvalue weighted by Crippen LogP contribution is 2.27. The molecule has 4 rings (SSSR count). The highest BCUT2D eigenvalue weighted by Gasteiger charge is 2.30. The predicted octanol–water partition coefficient (Wildman–Crippen LogP) is 2.79. The average molecular weight is 364 g/mol. The van der Waals surface area contributed by atoms with Crippen LogP contribution < -0.4 is 10.2 Å². The van der Waals surface area contributed by atoms with Crippen LogP contribution in [-0.2, 0) is 11.3 Å². The van der Waals surface area contributed by atoms with Crippen molar-refractivity contribution >= 4 is 11.6 Å². The van der Waals surface area contributed by atoms with Crippen LogP contribution in [0.5, 0.6) is 0 Å². The van der Waals surface area contributed by atoms with Gasteiger partial charge in [-0.05, 0) is 75.6 Å². The topological polar surface area (TPSA) is 48.5 Å². The van der Waals surface area contributed by atoms with E-state index in [0.29, 0.717) is 12.5 Å². The lowest BCUT2D eigenvalue weighted by atomic mass is 9.90. The molecule has 27 heavy (non-hydrogen) atoms. The molecule has 2 aromatic rings. The van der Waals surface area contributed by atoms with E-state index in [1.165, 1.54) is 18.4 Å². The van der Waals surface area contributed by atoms with Crippen LogP contribution in [0, 0.1) is 0 Å². The van der Waals surface area contributed by atoms with Gasteiger partial charge in [-0.25, -0.2) is 0 Å². The van der Waals surface area contributed by atoms with Crippen molar-refractivity contribution in [1.29, 1.82) is 0 Å². The van der Waals surface area contributed by atoms with Crippen LogP contribution in [0.3, 0.4) is 0 Å². The molecule has 5 nitrogen and oxygen atoms in total. The quantitative estimate of drug-likeness (QED) is 0.886. The third-order valence-corrected chi connectivity index (χ3v) is 5.81. The SMILES string of the molecule is CN1CCC(c2ccc(CN(C(=O)C3CCN3)c3ccccc3)nc2)CC1. The number of nitrogens with one attached hydrogen (secondary N) is 1. The number of piperidine rings is 1. The third kappa shape index (κ3) is 4.20. The summed E-state index contributed by atoms with van der Waals surface area (Å²) in [4.78, 5) is 21.8. The second-order valence-electron chi connectivity index (χ2n) is 7.72. The molecule has 0 saturated carbocycles. The summed E-state index contributed by atoms with van der Waals surface area (Å²) in [5.41, 5.74) is 3.19. The highest BCUT2D eigenvalue weighted by atomic mass is 16.2. The van der Waals surface area contributed by atoms with E-state index in [1.807, 2.05) is 41.4 Å². The van der Waals surface area contributed by atoms with E-state index >= 15 is 0 Å². The maximum atomic E-state index is 12.9. The lowest BCUT2D eigenvalue weighted by Crippen LogP contribution is -2.54. The van der Waals surface area contributed by atoms with Gasteiger partial charge in [0.25, 0.3) is 0 Å². The molecular formula is C22H28N4O. The Balaban J connectivity index is 1.48. The molecule has 0 spiro atoms.